The third-order valence-electron chi connectivity index (χ3n) is 9.46. The minimum atomic E-state index is 1.10. The number of aromatic amines is 7. The number of hydrogen-bond acceptors (Lipinski definition) is 0. The molecule has 0 atom stereocenters. The Morgan fingerprint density at radius 2 is 0.667 bits per heavy atom. The van der Waals surface area contributed by atoms with E-state index in [2.05, 4.69) is 137 Å². The van der Waals surface area contributed by atoms with Crippen LogP contribution in [0.3, 0.4) is 0 Å². The molecule has 7 heteroatoms. The third kappa shape index (κ3) is 3.90. The van der Waals surface area contributed by atoms with Gasteiger partial charge < -0.3 is 34.9 Å². The zero-order chi connectivity index (χ0) is 30.7. The van der Waals surface area contributed by atoms with Crippen LogP contribution in [-0.2, 0) is 0 Å². The second-order valence-corrected chi connectivity index (χ2v) is 13.0. The van der Waals surface area contributed by atoms with Crippen molar-refractivity contribution in [1.29, 1.82) is 0 Å². The van der Waals surface area contributed by atoms with Gasteiger partial charge in [0, 0.05) is 45.3 Å². The van der Waals surface area contributed by atoms with Crippen LogP contribution in [0.5, 0.6) is 0 Å². The highest BCUT2D eigenvalue weighted by Gasteiger charge is 2.18. The monoisotopic (exact) mass is 589 g/mol. The van der Waals surface area contributed by atoms with Gasteiger partial charge in [-0.15, -0.1) is 0 Å². The minimum Gasteiger partial charge on any atom is -0.357 e. The lowest BCUT2D eigenvalue weighted by Gasteiger charge is -2.11. The van der Waals surface area contributed by atoms with Crippen molar-refractivity contribution in [3.05, 3.63) is 94.3 Å². The van der Waals surface area contributed by atoms with Crippen molar-refractivity contribution in [1.82, 2.24) is 34.9 Å². The van der Waals surface area contributed by atoms with Crippen LogP contribution in [0.15, 0.2) is 60.7 Å². The van der Waals surface area contributed by atoms with Crippen LogP contribution in [0.1, 0.15) is 33.6 Å². The molecule has 222 valence electrons. The van der Waals surface area contributed by atoms with Crippen LogP contribution in [0, 0.1) is 41.5 Å². The maximum Gasteiger partial charge on any atom is 0.0885 e. The first-order valence-corrected chi connectivity index (χ1v) is 15.5. The summed E-state index contributed by atoms with van der Waals surface area (Å²) in [5.41, 5.74) is 25.7. The first-order valence-electron chi connectivity index (χ1n) is 15.5. The molecule has 0 saturated heterocycles. The van der Waals surface area contributed by atoms with Crippen molar-refractivity contribution in [2.24, 2.45) is 0 Å². The van der Waals surface area contributed by atoms with E-state index in [-0.39, 0.29) is 0 Å². The summed E-state index contributed by atoms with van der Waals surface area (Å²) < 4.78 is 0. The number of aryl methyl sites for hydroxylation is 6. The van der Waals surface area contributed by atoms with Crippen LogP contribution < -0.4 is 0 Å². The van der Waals surface area contributed by atoms with Crippen LogP contribution in [0.25, 0.3) is 89.2 Å². The molecule has 0 saturated carbocycles. The molecule has 9 aromatic rings. The number of fused-ring (bicyclic) bond motifs is 5. The summed E-state index contributed by atoms with van der Waals surface area (Å²) in [7, 11) is 0. The van der Waals surface area contributed by atoms with Gasteiger partial charge in [0.15, 0.2) is 0 Å². The quantitative estimate of drug-likeness (QED) is 0.106. The SMILES string of the molecule is Cc1cc2[nH]c(-c3cc(C)c(-c4cc5[nH]c6cc(-c7c(C)cc(-c8cc9[nH]c(C)cc9[nH]8)cc7C)[nH]c6c5[nH]4)c(C)c3)cc2[nH]1. The van der Waals surface area contributed by atoms with Gasteiger partial charge in [-0.05, 0) is 136 Å². The number of H-pyrrole nitrogens is 7. The van der Waals surface area contributed by atoms with E-state index in [0.29, 0.717) is 0 Å². The third-order valence-corrected chi connectivity index (χ3v) is 9.46. The summed E-state index contributed by atoms with van der Waals surface area (Å²) in [6.07, 6.45) is 0. The molecule has 0 radical (unpaired) electrons. The van der Waals surface area contributed by atoms with Crippen molar-refractivity contribution in [3.8, 4) is 45.0 Å². The summed E-state index contributed by atoms with van der Waals surface area (Å²) in [5, 5.41) is 0. The molecule has 2 aromatic carbocycles. The van der Waals surface area contributed by atoms with Crippen LogP contribution in [-0.4, -0.2) is 34.9 Å². The van der Waals surface area contributed by atoms with Gasteiger partial charge in [-0.2, -0.15) is 0 Å². The van der Waals surface area contributed by atoms with Crippen LogP contribution >= 0.6 is 0 Å². The summed E-state index contributed by atoms with van der Waals surface area (Å²) >= 11 is 0. The van der Waals surface area contributed by atoms with E-state index in [9.17, 15) is 0 Å². The highest BCUT2D eigenvalue weighted by molar-refractivity contribution is 6.07. The van der Waals surface area contributed by atoms with Gasteiger partial charge in [-0.1, -0.05) is 0 Å². The Kier molecular flexibility index (Phi) is 5.17. The van der Waals surface area contributed by atoms with E-state index in [1.54, 1.807) is 0 Å². The fourth-order valence-electron chi connectivity index (χ4n) is 7.62. The topological polar surface area (TPSA) is 111 Å². The van der Waals surface area contributed by atoms with Gasteiger partial charge in [0.2, 0.25) is 0 Å². The van der Waals surface area contributed by atoms with Crippen molar-refractivity contribution in [2.75, 3.05) is 0 Å². The molecule has 0 amide bonds. The molecule has 0 spiro atoms. The molecule has 0 aliphatic carbocycles. The van der Waals surface area contributed by atoms with Gasteiger partial charge in [0.25, 0.3) is 0 Å². The molecule has 9 rings (SSSR count). The average molecular weight is 590 g/mol. The molecule has 0 aliphatic rings. The Morgan fingerprint density at radius 1 is 0.311 bits per heavy atom. The number of hydrogen-bond donors (Lipinski definition) is 7. The second-order valence-electron chi connectivity index (χ2n) is 13.0. The van der Waals surface area contributed by atoms with Crippen LogP contribution in [0.4, 0.5) is 0 Å². The second kappa shape index (κ2) is 8.99. The number of nitrogens with one attached hydrogen (secondary N) is 7. The molecule has 7 heterocycles. The first-order chi connectivity index (χ1) is 21.7. The predicted molar refractivity (Wildman–Crippen MR) is 187 cm³/mol. The minimum absolute atomic E-state index is 1.10. The van der Waals surface area contributed by atoms with E-state index in [4.69, 9.17) is 0 Å². The zero-order valence-electron chi connectivity index (χ0n) is 26.3. The summed E-state index contributed by atoms with van der Waals surface area (Å²) in [4.78, 5) is 25.2. The van der Waals surface area contributed by atoms with Gasteiger partial charge in [0.05, 0.1) is 44.1 Å². The predicted octanol–water partition coefficient (Wildman–Crippen LogP) is 10.1. The Bertz CT molecular complexity index is 2320. The molecule has 0 aliphatic heterocycles. The Morgan fingerprint density at radius 3 is 1.04 bits per heavy atom. The standard InChI is InChI=1S/C38H35N7/c1-17-7-23(25-13-29-27(41-25)11-21(5)39-29)8-18(2)35(17)31-15-33-37(44-31)38-34(43-33)16-32(45-38)36-19(3)9-24(10-20(36)4)26-14-30-28(42-26)12-22(6)40-30/h7-16,39-45H,1-6H3. The number of benzene rings is 2. The Hall–Kier alpha value is -5.56. The molecular weight excluding hydrogens is 554 g/mol. The lowest BCUT2D eigenvalue weighted by Crippen LogP contribution is -1.91. The van der Waals surface area contributed by atoms with Crippen LogP contribution in [0.2, 0.25) is 0 Å². The van der Waals surface area contributed by atoms with Gasteiger partial charge in [-0.3, -0.25) is 0 Å². The van der Waals surface area contributed by atoms with Crippen molar-refractivity contribution in [3.63, 3.8) is 0 Å². The Labute approximate surface area is 259 Å². The largest absolute Gasteiger partial charge is 0.357 e. The Balaban J connectivity index is 1.07. The maximum atomic E-state index is 3.76. The fraction of sp³-hybridized carbons (Fsp3) is 0.158. The summed E-state index contributed by atoms with van der Waals surface area (Å²) in [6.45, 7) is 13.0. The van der Waals surface area contributed by atoms with Gasteiger partial charge >= 0.3 is 0 Å². The molecule has 0 unspecified atom stereocenters. The van der Waals surface area contributed by atoms with Crippen molar-refractivity contribution < 1.29 is 0 Å². The molecule has 7 nitrogen and oxygen atoms in total. The molecule has 7 aromatic heterocycles. The maximum absolute atomic E-state index is 3.76. The van der Waals surface area contributed by atoms with Gasteiger partial charge in [0.1, 0.15) is 0 Å². The molecule has 0 bridgehead atoms. The first kappa shape index (κ1) is 25.9. The molecular formula is C38H35N7. The zero-order valence-corrected chi connectivity index (χ0v) is 26.3. The van der Waals surface area contributed by atoms with E-state index in [1.165, 1.54) is 55.9 Å². The lowest BCUT2D eigenvalue weighted by molar-refractivity contribution is 1.29. The molecule has 45 heavy (non-hydrogen) atoms. The fourth-order valence-corrected chi connectivity index (χ4v) is 7.62. The van der Waals surface area contributed by atoms with Crippen molar-refractivity contribution in [2.45, 2.75) is 41.5 Å². The van der Waals surface area contributed by atoms with E-state index in [1.807, 2.05) is 0 Å². The van der Waals surface area contributed by atoms with E-state index in [0.717, 1.165) is 66.9 Å². The molecule has 0 fully saturated rings. The summed E-state index contributed by atoms with van der Waals surface area (Å²) in [5.74, 6) is 0. The van der Waals surface area contributed by atoms with E-state index < -0.39 is 0 Å². The smallest absolute Gasteiger partial charge is 0.0885 e. The lowest BCUT2D eigenvalue weighted by atomic mass is 9.96. The number of aromatic nitrogens is 7. The normalized spacial score (nSPS) is 12.2. The number of rotatable bonds is 4. The molecule has 7 N–H and O–H groups in total. The van der Waals surface area contributed by atoms with Crippen molar-refractivity contribution >= 4 is 44.1 Å². The summed E-state index contributed by atoms with van der Waals surface area (Å²) in [6, 6.07) is 22.3. The highest BCUT2D eigenvalue weighted by atomic mass is 14.9. The van der Waals surface area contributed by atoms with Gasteiger partial charge in [-0.25, -0.2) is 0 Å². The average Bonchev–Trinajstić information content (AvgIpc) is 3.79. The highest BCUT2D eigenvalue weighted by Crippen LogP contribution is 2.38. The van der Waals surface area contributed by atoms with E-state index >= 15 is 0 Å².